The van der Waals surface area contributed by atoms with Gasteiger partial charge in [0, 0.05) is 17.7 Å². The lowest BCUT2D eigenvalue weighted by molar-refractivity contribution is -0.921. The average Bonchev–Trinajstić information content (AvgIpc) is 2.69. The second-order valence-corrected chi connectivity index (χ2v) is 6.28. The Morgan fingerprint density at radius 2 is 2.00 bits per heavy atom. The van der Waals surface area contributed by atoms with E-state index in [-0.39, 0.29) is 5.69 Å². The largest absolute Gasteiger partial charge is 0.496 e. The molecular weight excluding hydrogens is 348 g/mol. The molecule has 1 aliphatic rings. The van der Waals surface area contributed by atoms with E-state index in [9.17, 15) is 10.1 Å². The standard InChI is InChI=1S/C19H22N4O4/c1-26-19-7-2-15(12-16(19)14-22-8-10-27-11-9-22)13-20-21-17-3-5-18(6-4-17)23(24)25/h2-7,12-13,21H,8-11,14H2,1H3/p+1/b20-13-. The molecular formula is C19H23N4O4+. The maximum Gasteiger partial charge on any atom is 0.269 e. The van der Waals surface area contributed by atoms with Gasteiger partial charge in [-0.3, -0.25) is 15.5 Å². The first kappa shape index (κ1) is 18.8. The van der Waals surface area contributed by atoms with Gasteiger partial charge in [-0.25, -0.2) is 0 Å². The Morgan fingerprint density at radius 3 is 2.67 bits per heavy atom. The molecule has 0 aromatic heterocycles. The Morgan fingerprint density at radius 1 is 1.26 bits per heavy atom. The molecule has 0 unspecified atom stereocenters. The third-order valence-electron chi connectivity index (χ3n) is 4.43. The van der Waals surface area contributed by atoms with Crippen molar-refractivity contribution in [3.05, 3.63) is 63.7 Å². The highest BCUT2D eigenvalue weighted by Gasteiger charge is 2.16. The number of nitro benzene ring substituents is 1. The minimum absolute atomic E-state index is 0.0509. The fourth-order valence-electron chi connectivity index (χ4n) is 2.96. The number of morpholine rings is 1. The van der Waals surface area contributed by atoms with E-state index in [1.165, 1.54) is 17.0 Å². The number of nitro groups is 1. The van der Waals surface area contributed by atoms with Crippen molar-refractivity contribution in [2.45, 2.75) is 6.54 Å². The number of quaternary nitrogens is 1. The zero-order valence-corrected chi connectivity index (χ0v) is 15.2. The summed E-state index contributed by atoms with van der Waals surface area (Å²) in [5.74, 6) is 0.870. The highest BCUT2D eigenvalue weighted by atomic mass is 16.6. The third kappa shape index (κ3) is 5.25. The Bertz CT molecular complexity index is 802. The van der Waals surface area contributed by atoms with Crippen molar-refractivity contribution in [1.82, 2.24) is 0 Å². The summed E-state index contributed by atoms with van der Waals surface area (Å²) in [4.78, 5) is 11.7. The fourth-order valence-corrected chi connectivity index (χ4v) is 2.96. The number of nitrogens with zero attached hydrogens (tertiary/aromatic N) is 2. The van der Waals surface area contributed by atoms with Crippen LogP contribution >= 0.6 is 0 Å². The number of non-ortho nitro benzene ring substituents is 1. The molecule has 27 heavy (non-hydrogen) atoms. The molecule has 1 saturated heterocycles. The van der Waals surface area contributed by atoms with Gasteiger partial charge in [0.2, 0.25) is 0 Å². The number of hydrogen-bond acceptors (Lipinski definition) is 6. The molecule has 1 heterocycles. The summed E-state index contributed by atoms with van der Waals surface area (Å²) < 4.78 is 10.9. The van der Waals surface area contributed by atoms with Crippen LogP contribution in [0, 0.1) is 10.1 Å². The zero-order valence-electron chi connectivity index (χ0n) is 15.2. The lowest BCUT2D eigenvalue weighted by Crippen LogP contribution is -3.12. The molecule has 0 spiro atoms. The van der Waals surface area contributed by atoms with Crippen molar-refractivity contribution in [1.29, 1.82) is 0 Å². The summed E-state index contributed by atoms with van der Waals surface area (Å²) in [7, 11) is 1.68. The number of rotatable bonds is 7. The van der Waals surface area contributed by atoms with E-state index in [1.54, 1.807) is 25.5 Å². The van der Waals surface area contributed by atoms with Gasteiger partial charge in [0.25, 0.3) is 5.69 Å². The number of benzene rings is 2. The Balaban J connectivity index is 1.65. The van der Waals surface area contributed by atoms with E-state index in [2.05, 4.69) is 16.6 Å². The van der Waals surface area contributed by atoms with Crippen LogP contribution in [0.3, 0.4) is 0 Å². The lowest BCUT2D eigenvalue weighted by Gasteiger charge is -2.24. The van der Waals surface area contributed by atoms with E-state index in [4.69, 9.17) is 9.47 Å². The summed E-state index contributed by atoms with van der Waals surface area (Å²) in [5, 5.41) is 14.9. The maximum atomic E-state index is 10.7. The van der Waals surface area contributed by atoms with Gasteiger partial charge in [-0.2, -0.15) is 5.10 Å². The predicted molar refractivity (Wildman–Crippen MR) is 103 cm³/mol. The summed E-state index contributed by atoms with van der Waals surface area (Å²) in [6, 6.07) is 12.1. The van der Waals surface area contributed by atoms with E-state index in [0.717, 1.165) is 49.7 Å². The van der Waals surface area contributed by atoms with Crippen molar-refractivity contribution in [2.24, 2.45) is 5.10 Å². The summed E-state index contributed by atoms with van der Waals surface area (Å²) in [6.45, 7) is 4.44. The molecule has 1 aliphatic heterocycles. The monoisotopic (exact) mass is 371 g/mol. The van der Waals surface area contributed by atoms with Crippen LogP contribution in [-0.2, 0) is 11.3 Å². The molecule has 142 valence electrons. The van der Waals surface area contributed by atoms with E-state index in [1.807, 2.05) is 12.1 Å². The number of hydrogen-bond donors (Lipinski definition) is 2. The first-order valence-electron chi connectivity index (χ1n) is 8.77. The fraction of sp³-hybridized carbons (Fsp3) is 0.316. The second kappa shape index (κ2) is 9.11. The quantitative estimate of drug-likeness (QED) is 0.437. The highest BCUT2D eigenvalue weighted by Crippen LogP contribution is 2.19. The smallest absolute Gasteiger partial charge is 0.269 e. The van der Waals surface area contributed by atoms with Gasteiger partial charge >= 0.3 is 0 Å². The molecule has 0 saturated carbocycles. The van der Waals surface area contributed by atoms with Crippen LogP contribution in [0.2, 0.25) is 0 Å². The lowest BCUT2D eigenvalue weighted by atomic mass is 10.1. The van der Waals surface area contributed by atoms with Gasteiger partial charge in [0.05, 0.1) is 37.1 Å². The molecule has 3 rings (SSSR count). The molecule has 0 atom stereocenters. The molecule has 2 aromatic carbocycles. The predicted octanol–water partition coefficient (Wildman–Crippen LogP) is 1.46. The van der Waals surface area contributed by atoms with Crippen LogP contribution in [0.15, 0.2) is 47.6 Å². The van der Waals surface area contributed by atoms with Crippen LogP contribution in [0.5, 0.6) is 5.75 Å². The van der Waals surface area contributed by atoms with Gasteiger partial charge in [0.15, 0.2) is 0 Å². The Labute approximate surface area is 157 Å². The van der Waals surface area contributed by atoms with Gasteiger partial charge in [-0.1, -0.05) is 0 Å². The van der Waals surface area contributed by atoms with Gasteiger partial charge in [-0.05, 0) is 35.9 Å². The average molecular weight is 371 g/mol. The van der Waals surface area contributed by atoms with Crippen LogP contribution in [0.25, 0.3) is 0 Å². The molecule has 1 fully saturated rings. The van der Waals surface area contributed by atoms with Crippen molar-refractivity contribution in [2.75, 3.05) is 38.8 Å². The van der Waals surface area contributed by atoms with Gasteiger partial charge < -0.3 is 14.4 Å². The number of hydrazone groups is 1. The van der Waals surface area contributed by atoms with Crippen molar-refractivity contribution in [3.63, 3.8) is 0 Å². The molecule has 2 N–H and O–H groups in total. The van der Waals surface area contributed by atoms with E-state index in [0.29, 0.717) is 5.69 Å². The molecule has 0 radical (unpaired) electrons. The van der Waals surface area contributed by atoms with Crippen LogP contribution in [0.1, 0.15) is 11.1 Å². The van der Waals surface area contributed by atoms with Gasteiger partial charge in [0.1, 0.15) is 25.4 Å². The first-order valence-corrected chi connectivity index (χ1v) is 8.77. The summed E-state index contributed by atoms with van der Waals surface area (Å²) in [5.41, 5.74) is 5.70. The molecule has 0 aliphatic carbocycles. The SMILES string of the molecule is COc1ccc(/C=N\Nc2ccc([N+](=O)[O-])cc2)cc1C[NH+]1CCOCC1. The highest BCUT2D eigenvalue weighted by molar-refractivity contribution is 5.81. The van der Waals surface area contributed by atoms with Crippen LogP contribution in [-0.4, -0.2) is 44.6 Å². The second-order valence-electron chi connectivity index (χ2n) is 6.28. The number of nitrogens with one attached hydrogen (secondary N) is 2. The normalized spacial score (nSPS) is 15.0. The number of anilines is 1. The third-order valence-corrected chi connectivity index (χ3v) is 4.43. The summed E-state index contributed by atoms with van der Waals surface area (Å²) >= 11 is 0. The topological polar surface area (TPSA) is 90.4 Å². The first-order chi connectivity index (χ1) is 13.2. The molecule has 2 aromatic rings. The summed E-state index contributed by atoms with van der Waals surface area (Å²) in [6.07, 6.45) is 1.72. The van der Waals surface area contributed by atoms with Crippen LogP contribution in [0.4, 0.5) is 11.4 Å². The number of ether oxygens (including phenoxy) is 2. The maximum absolute atomic E-state index is 10.7. The minimum atomic E-state index is -0.428. The molecule has 0 bridgehead atoms. The van der Waals surface area contributed by atoms with Crippen molar-refractivity contribution in [3.8, 4) is 5.75 Å². The van der Waals surface area contributed by atoms with E-state index < -0.39 is 4.92 Å². The van der Waals surface area contributed by atoms with Crippen molar-refractivity contribution < 1.29 is 19.3 Å². The minimum Gasteiger partial charge on any atom is -0.496 e. The zero-order chi connectivity index (χ0) is 19.1. The number of methoxy groups -OCH3 is 1. The Hall–Kier alpha value is -2.97. The Kier molecular flexibility index (Phi) is 6.35. The molecule has 8 heteroatoms. The molecule has 0 amide bonds. The van der Waals surface area contributed by atoms with E-state index >= 15 is 0 Å². The van der Waals surface area contributed by atoms with Crippen molar-refractivity contribution >= 4 is 17.6 Å². The van der Waals surface area contributed by atoms with Crippen LogP contribution < -0.4 is 15.1 Å². The van der Waals surface area contributed by atoms with Gasteiger partial charge in [-0.15, -0.1) is 0 Å². The molecule has 8 nitrogen and oxygen atoms in total.